The standard InChI is InChI=1S/C22H30O4/c1-12-14-6-8-16-15(19(14)26-20(12)24)7-9-17-21(3,4)11-10-18(22(16,17)5)25-13(2)23/h7,14,16-19H,1,6,8-11H2,2-5H3/t14-,16+,17+,18-,19+,22-/m0/s1. The topological polar surface area (TPSA) is 52.6 Å². The third-order valence-electron chi connectivity index (χ3n) is 7.89. The van der Waals surface area contributed by atoms with Crippen molar-refractivity contribution in [3.05, 3.63) is 23.8 Å². The molecular formula is C22H30O4. The van der Waals surface area contributed by atoms with Gasteiger partial charge in [0.15, 0.2) is 0 Å². The van der Waals surface area contributed by atoms with Crippen LogP contribution in [0, 0.1) is 28.6 Å². The van der Waals surface area contributed by atoms with Crippen molar-refractivity contribution in [3.63, 3.8) is 0 Å². The Hall–Kier alpha value is -1.58. The van der Waals surface area contributed by atoms with Crippen LogP contribution in [0.25, 0.3) is 0 Å². The summed E-state index contributed by atoms with van der Waals surface area (Å²) < 4.78 is 11.6. The Morgan fingerprint density at radius 1 is 1.27 bits per heavy atom. The second-order valence-electron chi connectivity index (χ2n) is 9.57. The maximum atomic E-state index is 12.1. The maximum absolute atomic E-state index is 12.1. The molecule has 0 bridgehead atoms. The quantitative estimate of drug-likeness (QED) is 0.400. The van der Waals surface area contributed by atoms with Gasteiger partial charge in [-0.3, -0.25) is 4.79 Å². The summed E-state index contributed by atoms with van der Waals surface area (Å²) in [4.78, 5) is 23.9. The van der Waals surface area contributed by atoms with Crippen molar-refractivity contribution in [1.82, 2.24) is 0 Å². The molecule has 0 unspecified atom stereocenters. The molecule has 142 valence electrons. The highest BCUT2D eigenvalue weighted by molar-refractivity contribution is 5.91. The summed E-state index contributed by atoms with van der Waals surface area (Å²) in [6.45, 7) is 12.5. The van der Waals surface area contributed by atoms with Crippen LogP contribution >= 0.6 is 0 Å². The molecule has 0 aromatic rings. The Balaban J connectivity index is 1.76. The third kappa shape index (κ3) is 2.33. The average Bonchev–Trinajstić information content (AvgIpc) is 2.85. The molecule has 4 nitrogen and oxygen atoms in total. The van der Waals surface area contributed by atoms with Crippen LogP contribution in [0.4, 0.5) is 0 Å². The lowest BCUT2D eigenvalue weighted by molar-refractivity contribution is -0.181. The van der Waals surface area contributed by atoms with Crippen molar-refractivity contribution in [2.45, 2.75) is 72.0 Å². The zero-order valence-corrected chi connectivity index (χ0v) is 16.3. The molecule has 0 amide bonds. The highest BCUT2D eigenvalue weighted by Crippen LogP contribution is 2.64. The summed E-state index contributed by atoms with van der Waals surface area (Å²) in [6.07, 6.45) is 6.97. The molecule has 0 radical (unpaired) electrons. The van der Waals surface area contributed by atoms with Crippen molar-refractivity contribution >= 4 is 11.9 Å². The fourth-order valence-electron chi connectivity index (χ4n) is 6.61. The molecular weight excluding hydrogens is 328 g/mol. The van der Waals surface area contributed by atoms with Crippen LogP contribution in [-0.4, -0.2) is 24.1 Å². The zero-order valence-electron chi connectivity index (χ0n) is 16.3. The molecule has 0 N–H and O–H groups in total. The first-order valence-corrected chi connectivity index (χ1v) is 9.93. The molecule has 4 rings (SSSR count). The molecule has 26 heavy (non-hydrogen) atoms. The van der Waals surface area contributed by atoms with Crippen LogP contribution < -0.4 is 0 Å². The van der Waals surface area contributed by atoms with Gasteiger partial charge in [-0.2, -0.15) is 0 Å². The average molecular weight is 358 g/mol. The molecule has 1 heterocycles. The number of carbonyl (C=O) groups excluding carboxylic acids is 2. The van der Waals surface area contributed by atoms with Gasteiger partial charge in [0, 0.05) is 23.8 Å². The molecule has 0 aromatic heterocycles. The van der Waals surface area contributed by atoms with Crippen molar-refractivity contribution in [3.8, 4) is 0 Å². The van der Waals surface area contributed by atoms with Gasteiger partial charge >= 0.3 is 11.9 Å². The lowest BCUT2D eigenvalue weighted by Crippen LogP contribution is -2.58. The fourth-order valence-corrected chi connectivity index (χ4v) is 6.61. The molecule has 1 saturated heterocycles. The van der Waals surface area contributed by atoms with Gasteiger partial charge in [-0.15, -0.1) is 0 Å². The van der Waals surface area contributed by atoms with Crippen LogP contribution in [0.1, 0.15) is 59.8 Å². The number of carbonyl (C=O) groups is 2. The van der Waals surface area contributed by atoms with Crippen molar-refractivity contribution in [1.29, 1.82) is 0 Å². The Labute approximate surface area is 156 Å². The van der Waals surface area contributed by atoms with Crippen molar-refractivity contribution in [2.24, 2.45) is 28.6 Å². The second kappa shape index (κ2) is 5.71. The van der Waals surface area contributed by atoms with E-state index in [4.69, 9.17) is 9.47 Å². The Kier molecular flexibility index (Phi) is 3.91. The van der Waals surface area contributed by atoms with Crippen LogP contribution in [0.2, 0.25) is 0 Å². The zero-order chi connectivity index (χ0) is 18.9. The SMILES string of the molecule is C=C1C(=O)O[C@H]2C3=CC[C@@H]4C(C)(C)CC[C@H](OC(C)=O)[C@@]4(C)[C@@H]3CC[C@@H]12. The summed E-state index contributed by atoms with van der Waals surface area (Å²) >= 11 is 0. The summed E-state index contributed by atoms with van der Waals surface area (Å²) in [5.41, 5.74) is 1.97. The molecule has 0 aromatic carbocycles. The van der Waals surface area contributed by atoms with E-state index in [0.717, 1.165) is 32.1 Å². The van der Waals surface area contributed by atoms with E-state index in [1.165, 1.54) is 12.5 Å². The molecule has 3 fully saturated rings. The number of fused-ring (bicyclic) bond motifs is 5. The Morgan fingerprint density at radius 2 is 2.00 bits per heavy atom. The van der Waals surface area contributed by atoms with E-state index in [-0.39, 0.29) is 40.9 Å². The lowest BCUT2D eigenvalue weighted by Gasteiger charge is -2.61. The van der Waals surface area contributed by atoms with E-state index in [1.54, 1.807) is 0 Å². The summed E-state index contributed by atoms with van der Waals surface area (Å²) in [5.74, 6) is 0.437. The van der Waals surface area contributed by atoms with E-state index in [1.807, 2.05) is 0 Å². The van der Waals surface area contributed by atoms with Crippen LogP contribution in [0.5, 0.6) is 0 Å². The van der Waals surface area contributed by atoms with E-state index >= 15 is 0 Å². The van der Waals surface area contributed by atoms with Gasteiger partial charge < -0.3 is 9.47 Å². The number of ether oxygens (including phenoxy) is 2. The maximum Gasteiger partial charge on any atom is 0.334 e. The normalized spacial score (nSPS) is 43.5. The number of rotatable bonds is 1. The summed E-state index contributed by atoms with van der Waals surface area (Å²) in [6, 6.07) is 0. The van der Waals surface area contributed by atoms with Gasteiger partial charge in [-0.1, -0.05) is 33.4 Å². The van der Waals surface area contributed by atoms with Gasteiger partial charge in [0.2, 0.25) is 0 Å². The van der Waals surface area contributed by atoms with Crippen LogP contribution in [-0.2, 0) is 19.1 Å². The predicted molar refractivity (Wildman–Crippen MR) is 98.1 cm³/mol. The Bertz CT molecular complexity index is 703. The van der Waals surface area contributed by atoms with Gasteiger partial charge in [-0.05, 0) is 54.9 Å². The monoisotopic (exact) mass is 358 g/mol. The van der Waals surface area contributed by atoms with E-state index < -0.39 is 0 Å². The van der Waals surface area contributed by atoms with Crippen LogP contribution in [0.3, 0.4) is 0 Å². The van der Waals surface area contributed by atoms with Gasteiger partial charge in [-0.25, -0.2) is 4.79 Å². The summed E-state index contributed by atoms with van der Waals surface area (Å²) in [7, 11) is 0. The minimum absolute atomic E-state index is 0.0661. The summed E-state index contributed by atoms with van der Waals surface area (Å²) in [5, 5.41) is 0. The number of esters is 2. The molecule has 6 atom stereocenters. The van der Waals surface area contributed by atoms with Crippen molar-refractivity contribution < 1.29 is 19.1 Å². The van der Waals surface area contributed by atoms with Gasteiger partial charge in [0.25, 0.3) is 0 Å². The minimum atomic E-state index is -0.241. The van der Waals surface area contributed by atoms with Gasteiger partial charge in [0.05, 0.1) is 0 Å². The highest BCUT2D eigenvalue weighted by atomic mass is 16.6. The molecule has 3 aliphatic carbocycles. The Morgan fingerprint density at radius 3 is 2.69 bits per heavy atom. The highest BCUT2D eigenvalue weighted by Gasteiger charge is 2.61. The van der Waals surface area contributed by atoms with Crippen molar-refractivity contribution in [2.75, 3.05) is 0 Å². The molecule has 1 aliphatic heterocycles. The molecule has 4 aliphatic rings. The van der Waals surface area contributed by atoms with Gasteiger partial charge in [0.1, 0.15) is 12.2 Å². The molecule has 4 heteroatoms. The minimum Gasteiger partial charge on any atom is -0.462 e. The lowest BCUT2D eigenvalue weighted by atomic mass is 9.45. The molecule has 2 saturated carbocycles. The molecule has 0 spiro atoms. The smallest absolute Gasteiger partial charge is 0.334 e. The number of hydrogen-bond donors (Lipinski definition) is 0. The second-order valence-corrected chi connectivity index (χ2v) is 9.57. The number of allylic oxidation sites excluding steroid dienone is 1. The van der Waals surface area contributed by atoms with E-state index in [0.29, 0.717) is 17.4 Å². The first-order valence-electron chi connectivity index (χ1n) is 9.93. The third-order valence-corrected chi connectivity index (χ3v) is 7.89. The number of hydrogen-bond acceptors (Lipinski definition) is 4. The fraction of sp³-hybridized carbons (Fsp3) is 0.727. The van der Waals surface area contributed by atoms with Crippen LogP contribution in [0.15, 0.2) is 23.8 Å². The first kappa shape index (κ1) is 17.8. The largest absolute Gasteiger partial charge is 0.462 e. The van der Waals surface area contributed by atoms with E-state index in [2.05, 4.69) is 33.4 Å². The van der Waals surface area contributed by atoms with E-state index in [9.17, 15) is 9.59 Å². The first-order chi connectivity index (χ1) is 12.2. The predicted octanol–water partition coefficient (Wildman–Crippen LogP) is 4.20.